The molecular formula is C32H38FN3O6S. The predicted octanol–water partition coefficient (Wildman–Crippen LogP) is 4.82. The second kappa shape index (κ2) is 13.9. The SMILES string of the molecule is COc1ccc(N(CC(=O)N(Cc2ccccc2F)[C@H](C)C(=O)NC2CCCC2)S(=O)(=O)c2ccc(C)cc2)cc1OC. The third-order valence-electron chi connectivity index (χ3n) is 7.71. The van der Waals surface area contributed by atoms with Crippen molar-refractivity contribution in [3.8, 4) is 11.5 Å². The number of rotatable bonds is 12. The van der Waals surface area contributed by atoms with Crippen molar-refractivity contribution >= 4 is 27.5 Å². The van der Waals surface area contributed by atoms with Crippen LogP contribution in [0.3, 0.4) is 0 Å². The van der Waals surface area contributed by atoms with E-state index < -0.39 is 34.3 Å². The smallest absolute Gasteiger partial charge is 0.264 e. The topological polar surface area (TPSA) is 105 Å². The molecule has 4 rings (SSSR count). The van der Waals surface area contributed by atoms with Gasteiger partial charge in [0.2, 0.25) is 11.8 Å². The molecule has 3 aromatic rings. The predicted molar refractivity (Wildman–Crippen MR) is 162 cm³/mol. The van der Waals surface area contributed by atoms with Crippen molar-refractivity contribution in [2.45, 2.75) is 63.1 Å². The molecule has 0 bridgehead atoms. The molecule has 1 saturated carbocycles. The third kappa shape index (κ3) is 7.45. The van der Waals surface area contributed by atoms with Crippen LogP contribution in [0.25, 0.3) is 0 Å². The third-order valence-corrected chi connectivity index (χ3v) is 9.50. The first-order chi connectivity index (χ1) is 20.5. The van der Waals surface area contributed by atoms with Crippen molar-refractivity contribution in [3.05, 3.63) is 83.7 Å². The molecular weight excluding hydrogens is 573 g/mol. The maximum Gasteiger partial charge on any atom is 0.264 e. The van der Waals surface area contributed by atoms with Gasteiger partial charge < -0.3 is 19.7 Å². The fourth-order valence-electron chi connectivity index (χ4n) is 5.13. The van der Waals surface area contributed by atoms with E-state index in [9.17, 15) is 22.4 Å². The zero-order chi connectivity index (χ0) is 31.1. The summed E-state index contributed by atoms with van der Waals surface area (Å²) in [6.45, 7) is 2.53. The van der Waals surface area contributed by atoms with Gasteiger partial charge in [-0.2, -0.15) is 0 Å². The number of aryl methyl sites for hydroxylation is 1. The van der Waals surface area contributed by atoms with Crippen LogP contribution in [0.4, 0.5) is 10.1 Å². The summed E-state index contributed by atoms with van der Waals surface area (Å²) in [5.41, 5.74) is 1.22. The maximum absolute atomic E-state index is 14.8. The molecule has 0 unspecified atom stereocenters. The molecule has 0 saturated heterocycles. The fraction of sp³-hybridized carbons (Fsp3) is 0.375. The maximum atomic E-state index is 14.8. The molecule has 1 atom stereocenters. The summed E-state index contributed by atoms with van der Waals surface area (Å²) in [7, 11) is -1.39. The molecule has 1 fully saturated rings. The lowest BCUT2D eigenvalue weighted by atomic mass is 10.1. The number of halogens is 1. The van der Waals surface area contributed by atoms with Crippen LogP contribution in [0.2, 0.25) is 0 Å². The lowest BCUT2D eigenvalue weighted by Gasteiger charge is -2.32. The Morgan fingerprint density at radius 2 is 1.63 bits per heavy atom. The Bertz CT molecular complexity index is 1540. The van der Waals surface area contributed by atoms with Crippen LogP contribution in [0.5, 0.6) is 11.5 Å². The molecule has 43 heavy (non-hydrogen) atoms. The van der Waals surface area contributed by atoms with E-state index >= 15 is 0 Å². The molecule has 230 valence electrons. The van der Waals surface area contributed by atoms with E-state index in [1.54, 1.807) is 31.2 Å². The zero-order valence-electron chi connectivity index (χ0n) is 24.9. The van der Waals surface area contributed by atoms with E-state index in [-0.39, 0.29) is 40.4 Å². The quantitative estimate of drug-likeness (QED) is 0.315. The number of hydrogen-bond acceptors (Lipinski definition) is 6. The molecule has 2 amide bonds. The molecule has 1 aliphatic carbocycles. The van der Waals surface area contributed by atoms with Gasteiger partial charge in [-0.05, 0) is 57.0 Å². The first-order valence-corrected chi connectivity index (χ1v) is 15.6. The first kappa shape index (κ1) is 31.8. The van der Waals surface area contributed by atoms with Gasteiger partial charge in [-0.1, -0.05) is 48.7 Å². The number of amides is 2. The molecule has 0 aromatic heterocycles. The van der Waals surface area contributed by atoms with E-state index in [1.165, 1.54) is 61.6 Å². The molecule has 9 nitrogen and oxygen atoms in total. The van der Waals surface area contributed by atoms with Gasteiger partial charge in [0, 0.05) is 24.2 Å². The lowest BCUT2D eigenvalue weighted by Crippen LogP contribution is -2.52. The van der Waals surface area contributed by atoms with Gasteiger partial charge in [0.05, 0.1) is 24.8 Å². The van der Waals surface area contributed by atoms with Gasteiger partial charge in [0.1, 0.15) is 18.4 Å². The zero-order valence-corrected chi connectivity index (χ0v) is 25.7. The van der Waals surface area contributed by atoms with Gasteiger partial charge >= 0.3 is 0 Å². The highest BCUT2D eigenvalue weighted by Crippen LogP contribution is 2.34. The summed E-state index contributed by atoms with van der Waals surface area (Å²) >= 11 is 0. The van der Waals surface area contributed by atoms with Gasteiger partial charge in [0.25, 0.3) is 10.0 Å². The Morgan fingerprint density at radius 3 is 2.26 bits per heavy atom. The standard InChI is InChI=1S/C32H38FN3O6S/c1-22-13-16-27(17-14-22)43(39,40)36(26-15-18-29(41-3)30(19-26)42-4)21-31(37)35(20-24-9-5-8-12-28(24)33)23(2)32(38)34-25-10-6-7-11-25/h5,8-9,12-19,23,25H,6-7,10-11,20-21H2,1-4H3,(H,34,38)/t23-/m1/s1. The van der Waals surface area contributed by atoms with Crippen LogP contribution in [-0.2, 0) is 26.2 Å². The van der Waals surface area contributed by atoms with Gasteiger partial charge in [-0.15, -0.1) is 0 Å². The van der Waals surface area contributed by atoms with Crippen LogP contribution in [0, 0.1) is 12.7 Å². The second-order valence-electron chi connectivity index (χ2n) is 10.6. The number of carbonyl (C=O) groups is 2. The largest absolute Gasteiger partial charge is 0.493 e. The normalized spacial score (nSPS) is 14.2. The fourth-order valence-corrected chi connectivity index (χ4v) is 6.54. The van der Waals surface area contributed by atoms with Crippen molar-refractivity contribution in [2.24, 2.45) is 0 Å². The molecule has 0 aliphatic heterocycles. The minimum atomic E-state index is -4.27. The van der Waals surface area contributed by atoms with Crippen LogP contribution in [0.15, 0.2) is 71.6 Å². The first-order valence-electron chi connectivity index (χ1n) is 14.2. The molecule has 1 aliphatic rings. The molecule has 1 N–H and O–H groups in total. The number of hydrogen-bond donors (Lipinski definition) is 1. The number of ether oxygens (including phenoxy) is 2. The van der Waals surface area contributed by atoms with Gasteiger partial charge in [0.15, 0.2) is 11.5 Å². The van der Waals surface area contributed by atoms with E-state index in [4.69, 9.17) is 9.47 Å². The molecule has 3 aromatic carbocycles. The highest BCUT2D eigenvalue weighted by molar-refractivity contribution is 7.92. The lowest BCUT2D eigenvalue weighted by molar-refractivity contribution is -0.139. The van der Waals surface area contributed by atoms with Crippen LogP contribution in [-0.4, -0.2) is 58.0 Å². The summed E-state index contributed by atoms with van der Waals surface area (Å²) < 4.78 is 54.5. The Morgan fingerprint density at radius 1 is 0.977 bits per heavy atom. The van der Waals surface area contributed by atoms with Crippen LogP contribution in [0.1, 0.15) is 43.7 Å². The van der Waals surface area contributed by atoms with E-state index in [0.29, 0.717) is 5.75 Å². The Kier molecular flexibility index (Phi) is 10.3. The minimum Gasteiger partial charge on any atom is -0.493 e. The second-order valence-corrected chi connectivity index (χ2v) is 12.5. The number of nitrogens with zero attached hydrogens (tertiary/aromatic N) is 2. The number of benzene rings is 3. The van der Waals surface area contributed by atoms with Crippen molar-refractivity contribution in [1.29, 1.82) is 0 Å². The summed E-state index contributed by atoms with van der Waals surface area (Å²) in [5.74, 6) is -0.945. The van der Waals surface area contributed by atoms with E-state index in [0.717, 1.165) is 35.6 Å². The molecule has 0 radical (unpaired) electrons. The summed E-state index contributed by atoms with van der Waals surface area (Å²) in [6.07, 6.45) is 3.71. The average Bonchev–Trinajstić information content (AvgIpc) is 3.51. The minimum absolute atomic E-state index is 0.00513. The van der Waals surface area contributed by atoms with Crippen molar-refractivity contribution in [2.75, 3.05) is 25.1 Å². The highest BCUT2D eigenvalue weighted by atomic mass is 32.2. The number of anilines is 1. The van der Waals surface area contributed by atoms with E-state index in [1.807, 2.05) is 6.92 Å². The van der Waals surface area contributed by atoms with Gasteiger partial charge in [-0.25, -0.2) is 12.8 Å². The Balaban J connectivity index is 1.74. The van der Waals surface area contributed by atoms with Gasteiger partial charge in [-0.3, -0.25) is 13.9 Å². The van der Waals surface area contributed by atoms with Crippen molar-refractivity contribution in [1.82, 2.24) is 10.2 Å². The Hall–Kier alpha value is -4.12. The van der Waals surface area contributed by atoms with E-state index in [2.05, 4.69) is 5.32 Å². The van der Waals surface area contributed by atoms with Crippen molar-refractivity contribution in [3.63, 3.8) is 0 Å². The van der Waals surface area contributed by atoms with Crippen LogP contribution < -0.4 is 19.1 Å². The average molecular weight is 612 g/mol. The summed E-state index contributed by atoms with van der Waals surface area (Å²) in [6, 6.07) is 15.8. The highest BCUT2D eigenvalue weighted by Gasteiger charge is 2.34. The summed E-state index contributed by atoms with van der Waals surface area (Å²) in [4.78, 5) is 28.6. The van der Waals surface area contributed by atoms with Crippen molar-refractivity contribution < 1.29 is 31.9 Å². The number of methoxy groups -OCH3 is 2. The van der Waals surface area contributed by atoms with Crippen LogP contribution >= 0.6 is 0 Å². The molecule has 11 heteroatoms. The number of carbonyl (C=O) groups excluding carboxylic acids is 2. The molecule has 0 spiro atoms. The monoisotopic (exact) mass is 611 g/mol. The number of sulfonamides is 1. The number of nitrogens with one attached hydrogen (secondary N) is 1. The summed E-state index contributed by atoms with van der Waals surface area (Å²) in [5, 5.41) is 3.00. The molecule has 0 heterocycles. The Labute approximate surface area is 252 Å².